The number of carbonyl (C=O) groups excluding carboxylic acids is 1. The van der Waals surface area contributed by atoms with Crippen molar-refractivity contribution < 1.29 is 14.3 Å². The lowest BCUT2D eigenvalue weighted by Crippen LogP contribution is -2.43. The standard InChI is InChI=1S/C15H21BrN2O3/c1-15(2,3)21-14(19)18-12-5-7-20-13(12)9-11-8-10(16)4-6-17-11/h4,6,8,12-13H,5,7,9H2,1-3H3,(H,18,19)/t12-,13-/m0/s1. The summed E-state index contributed by atoms with van der Waals surface area (Å²) in [6.45, 7) is 6.18. The molecule has 1 amide bonds. The first-order valence-electron chi connectivity index (χ1n) is 7.05. The van der Waals surface area contributed by atoms with Crippen molar-refractivity contribution in [1.82, 2.24) is 10.3 Å². The highest BCUT2D eigenvalue weighted by atomic mass is 79.9. The van der Waals surface area contributed by atoms with Gasteiger partial charge in [-0.05, 0) is 39.3 Å². The van der Waals surface area contributed by atoms with Crippen molar-refractivity contribution in [2.24, 2.45) is 0 Å². The Morgan fingerprint density at radius 3 is 3.00 bits per heavy atom. The van der Waals surface area contributed by atoms with Crippen molar-refractivity contribution in [1.29, 1.82) is 0 Å². The molecule has 2 heterocycles. The summed E-state index contributed by atoms with van der Waals surface area (Å²) in [4.78, 5) is 16.2. The van der Waals surface area contributed by atoms with Gasteiger partial charge in [0.15, 0.2) is 0 Å². The summed E-state index contributed by atoms with van der Waals surface area (Å²) >= 11 is 3.43. The Morgan fingerprint density at radius 1 is 1.57 bits per heavy atom. The van der Waals surface area contributed by atoms with Crippen LogP contribution in [0.4, 0.5) is 4.79 Å². The zero-order valence-corrected chi connectivity index (χ0v) is 14.1. The van der Waals surface area contributed by atoms with Gasteiger partial charge >= 0.3 is 6.09 Å². The van der Waals surface area contributed by atoms with E-state index < -0.39 is 11.7 Å². The van der Waals surface area contributed by atoms with Gasteiger partial charge in [-0.15, -0.1) is 0 Å². The maximum absolute atomic E-state index is 11.9. The molecule has 0 unspecified atom stereocenters. The lowest BCUT2D eigenvalue weighted by molar-refractivity contribution is 0.0447. The van der Waals surface area contributed by atoms with Crippen LogP contribution in [0.3, 0.4) is 0 Å². The van der Waals surface area contributed by atoms with E-state index in [0.29, 0.717) is 13.0 Å². The molecule has 2 rings (SSSR count). The van der Waals surface area contributed by atoms with Crippen molar-refractivity contribution in [2.45, 2.75) is 51.4 Å². The van der Waals surface area contributed by atoms with Crippen LogP contribution in [0.1, 0.15) is 32.9 Å². The zero-order valence-electron chi connectivity index (χ0n) is 12.6. The Hall–Kier alpha value is -1.14. The van der Waals surface area contributed by atoms with Crippen LogP contribution >= 0.6 is 15.9 Å². The third-order valence-electron chi connectivity index (χ3n) is 3.10. The van der Waals surface area contributed by atoms with Gasteiger partial charge in [0.05, 0.1) is 12.1 Å². The van der Waals surface area contributed by atoms with E-state index in [1.54, 1.807) is 6.20 Å². The summed E-state index contributed by atoms with van der Waals surface area (Å²) in [5, 5.41) is 2.89. The number of aromatic nitrogens is 1. The second-order valence-corrected chi connectivity index (χ2v) is 7.04. The van der Waals surface area contributed by atoms with Crippen LogP contribution in [0, 0.1) is 0 Å². The van der Waals surface area contributed by atoms with Gasteiger partial charge in [0.25, 0.3) is 0 Å². The minimum atomic E-state index is -0.495. The summed E-state index contributed by atoms with van der Waals surface area (Å²) < 4.78 is 12.0. The van der Waals surface area contributed by atoms with Gasteiger partial charge in [0.1, 0.15) is 5.60 Å². The van der Waals surface area contributed by atoms with Crippen molar-refractivity contribution in [3.63, 3.8) is 0 Å². The van der Waals surface area contributed by atoms with E-state index in [0.717, 1.165) is 16.6 Å². The number of alkyl carbamates (subject to hydrolysis) is 1. The lowest BCUT2D eigenvalue weighted by atomic mass is 10.1. The Labute approximate surface area is 133 Å². The van der Waals surface area contributed by atoms with Crippen LogP contribution in [-0.4, -0.2) is 35.4 Å². The average Bonchev–Trinajstić information content (AvgIpc) is 2.74. The Balaban J connectivity index is 1.93. The molecule has 0 saturated carbocycles. The number of pyridine rings is 1. The van der Waals surface area contributed by atoms with Crippen molar-refractivity contribution in [2.75, 3.05) is 6.61 Å². The van der Waals surface area contributed by atoms with Crippen molar-refractivity contribution >= 4 is 22.0 Å². The van der Waals surface area contributed by atoms with Crippen LogP contribution in [0.25, 0.3) is 0 Å². The van der Waals surface area contributed by atoms with Gasteiger partial charge in [-0.3, -0.25) is 4.98 Å². The SMILES string of the molecule is CC(C)(C)OC(=O)N[C@H]1CCO[C@H]1Cc1cc(Br)ccn1. The number of hydrogen-bond donors (Lipinski definition) is 1. The van der Waals surface area contributed by atoms with Gasteiger partial charge in [0.2, 0.25) is 0 Å². The predicted molar refractivity (Wildman–Crippen MR) is 83.2 cm³/mol. The molecule has 0 aliphatic carbocycles. The maximum Gasteiger partial charge on any atom is 0.407 e. The van der Waals surface area contributed by atoms with Crippen LogP contribution in [0.15, 0.2) is 22.8 Å². The Morgan fingerprint density at radius 2 is 2.33 bits per heavy atom. The summed E-state index contributed by atoms with van der Waals surface area (Å²) in [7, 11) is 0. The third-order valence-corrected chi connectivity index (χ3v) is 3.59. The van der Waals surface area contributed by atoms with Crippen molar-refractivity contribution in [3.8, 4) is 0 Å². The van der Waals surface area contributed by atoms with Gasteiger partial charge in [-0.2, -0.15) is 0 Å². The number of hydrogen-bond acceptors (Lipinski definition) is 4. The second kappa shape index (κ2) is 6.75. The summed E-state index contributed by atoms with van der Waals surface area (Å²) in [5.41, 5.74) is 0.442. The Kier molecular flexibility index (Phi) is 5.22. The molecule has 0 aromatic carbocycles. The third kappa shape index (κ3) is 5.28. The molecular formula is C15H21BrN2O3. The van der Waals surface area contributed by atoms with E-state index >= 15 is 0 Å². The molecule has 1 aliphatic rings. The fourth-order valence-corrected chi connectivity index (χ4v) is 2.62. The van der Waals surface area contributed by atoms with Gasteiger partial charge < -0.3 is 14.8 Å². The van der Waals surface area contributed by atoms with Crippen LogP contribution in [0.5, 0.6) is 0 Å². The minimum Gasteiger partial charge on any atom is -0.444 e. The van der Waals surface area contributed by atoms with E-state index in [9.17, 15) is 4.79 Å². The second-order valence-electron chi connectivity index (χ2n) is 6.12. The molecule has 1 N–H and O–H groups in total. The first-order chi connectivity index (χ1) is 9.83. The number of nitrogens with one attached hydrogen (secondary N) is 1. The molecule has 1 aromatic rings. The van der Waals surface area contributed by atoms with Crippen LogP contribution in [-0.2, 0) is 15.9 Å². The molecule has 0 bridgehead atoms. The number of carbonyl (C=O) groups is 1. The lowest BCUT2D eigenvalue weighted by Gasteiger charge is -2.24. The molecule has 0 spiro atoms. The molecule has 1 aliphatic heterocycles. The fourth-order valence-electron chi connectivity index (χ4n) is 2.24. The Bertz CT molecular complexity index is 502. The summed E-state index contributed by atoms with van der Waals surface area (Å²) in [6.07, 6.45) is 2.74. The molecule has 2 atom stereocenters. The van der Waals surface area contributed by atoms with Crippen LogP contribution in [0.2, 0.25) is 0 Å². The van der Waals surface area contributed by atoms with E-state index in [-0.39, 0.29) is 12.1 Å². The summed E-state index contributed by atoms with van der Waals surface area (Å²) in [5.74, 6) is 0. The van der Waals surface area contributed by atoms with Crippen molar-refractivity contribution in [3.05, 3.63) is 28.5 Å². The highest BCUT2D eigenvalue weighted by Gasteiger charge is 2.31. The van der Waals surface area contributed by atoms with E-state index in [1.807, 2.05) is 32.9 Å². The highest BCUT2D eigenvalue weighted by molar-refractivity contribution is 9.10. The zero-order chi connectivity index (χ0) is 15.5. The molecule has 1 aromatic heterocycles. The average molecular weight is 357 g/mol. The molecule has 116 valence electrons. The molecule has 0 radical (unpaired) electrons. The normalized spacial score (nSPS) is 22.1. The number of rotatable bonds is 3. The first-order valence-corrected chi connectivity index (χ1v) is 7.84. The quantitative estimate of drug-likeness (QED) is 0.903. The molecule has 1 fully saturated rings. The van der Waals surface area contributed by atoms with Gasteiger partial charge in [-0.25, -0.2) is 4.79 Å². The molecule has 5 nitrogen and oxygen atoms in total. The van der Waals surface area contributed by atoms with Gasteiger partial charge in [-0.1, -0.05) is 15.9 Å². The minimum absolute atomic E-state index is 0.0411. The monoisotopic (exact) mass is 356 g/mol. The largest absolute Gasteiger partial charge is 0.444 e. The molecular weight excluding hydrogens is 336 g/mol. The number of amides is 1. The first kappa shape index (κ1) is 16.2. The maximum atomic E-state index is 11.9. The highest BCUT2D eigenvalue weighted by Crippen LogP contribution is 2.20. The summed E-state index contributed by atoms with van der Waals surface area (Å²) in [6, 6.07) is 3.81. The smallest absolute Gasteiger partial charge is 0.407 e. The van der Waals surface area contributed by atoms with Gasteiger partial charge in [0, 0.05) is 29.4 Å². The van der Waals surface area contributed by atoms with E-state index in [4.69, 9.17) is 9.47 Å². The predicted octanol–water partition coefficient (Wildman–Crippen LogP) is 3.07. The number of halogens is 1. The van der Waals surface area contributed by atoms with E-state index in [2.05, 4.69) is 26.2 Å². The fraction of sp³-hybridized carbons (Fsp3) is 0.600. The number of ether oxygens (including phenoxy) is 2. The topological polar surface area (TPSA) is 60.5 Å². The molecule has 21 heavy (non-hydrogen) atoms. The van der Waals surface area contributed by atoms with E-state index in [1.165, 1.54) is 0 Å². The molecule has 1 saturated heterocycles. The van der Waals surface area contributed by atoms with Crippen LogP contribution < -0.4 is 5.32 Å². The molecule has 6 heteroatoms. The number of nitrogens with zero attached hydrogens (tertiary/aromatic N) is 1.